The van der Waals surface area contributed by atoms with E-state index < -0.39 is 11.9 Å². The molecule has 1 N–H and O–H groups in total. The Kier molecular flexibility index (Phi) is 3.25. The van der Waals surface area contributed by atoms with E-state index in [2.05, 4.69) is 5.32 Å². The summed E-state index contributed by atoms with van der Waals surface area (Å²) in [6.07, 6.45) is -2.74. The van der Waals surface area contributed by atoms with Crippen LogP contribution in [0.4, 0.5) is 13.2 Å². The third-order valence-corrected chi connectivity index (χ3v) is 0.983. The van der Waals surface area contributed by atoms with Gasteiger partial charge in [-0.2, -0.15) is 13.2 Å². The Hall–Kier alpha value is -0.670. The van der Waals surface area contributed by atoms with E-state index in [4.69, 9.17) is 0 Å². The zero-order valence-electron chi connectivity index (χ0n) is 5.92. The normalized spacial score (nSPS) is 13.5. The largest absolute Gasteiger partial charge is 0.430 e. The van der Waals surface area contributed by atoms with Crippen molar-refractivity contribution in [2.75, 3.05) is 7.05 Å². The van der Waals surface area contributed by atoms with Crippen LogP contribution in [0.5, 0.6) is 0 Å². The first kappa shape index (κ1) is 9.33. The molecule has 0 fully saturated rings. The van der Waals surface area contributed by atoms with Gasteiger partial charge in [0.15, 0.2) is 0 Å². The molecule has 0 bridgehead atoms. The van der Waals surface area contributed by atoms with Crippen LogP contribution in [-0.4, -0.2) is 13.2 Å². The summed E-state index contributed by atoms with van der Waals surface area (Å²) >= 11 is 0. The third kappa shape index (κ3) is 2.75. The van der Waals surface area contributed by atoms with Crippen molar-refractivity contribution >= 4 is 0 Å². The number of nitrogens with one attached hydrogen (secondary N) is 1. The van der Waals surface area contributed by atoms with Crippen LogP contribution < -0.4 is 5.32 Å². The first-order valence-corrected chi connectivity index (χ1v) is 2.97. The maximum Gasteiger partial charge on any atom is 0.430 e. The minimum atomic E-state index is -4.23. The van der Waals surface area contributed by atoms with E-state index in [-0.39, 0.29) is 0 Å². The van der Waals surface area contributed by atoms with Gasteiger partial charge in [0, 0.05) is 7.05 Å². The second-order valence-corrected chi connectivity index (χ2v) is 1.77. The number of alkyl halides is 3. The van der Waals surface area contributed by atoms with Gasteiger partial charge in [0.2, 0.25) is 0 Å². The molecule has 0 aliphatic heterocycles. The fourth-order valence-electron chi connectivity index (χ4n) is 0.564. The molecule has 60 valence electrons. The number of rotatable bonds is 2. The van der Waals surface area contributed by atoms with Gasteiger partial charge in [0.05, 0.1) is 0 Å². The van der Waals surface area contributed by atoms with Gasteiger partial charge in [-0.05, 0) is 6.42 Å². The molecule has 0 aromatic heterocycles. The molecule has 0 aliphatic carbocycles. The molecular formula is C6H10F3N. The smallest absolute Gasteiger partial charge is 0.384 e. The average molecular weight is 153 g/mol. The summed E-state index contributed by atoms with van der Waals surface area (Å²) in [7, 11) is 1.26. The first-order valence-electron chi connectivity index (χ1n) is 2.97. The minimum absolute atomic E-state index is 0.385. The van der Waals surface area contributed by atoms with Crippen LogP contribution in [0.3, 0.4) is 0 Å². The van der Waals surface area contributed by atoms with E-state index in [1.54, 1.807) is 6.92 Å². The van der Waals surface area contributed by atoms with E-state index in [1.807, 2.05) is 0 Å². The molecular weight excluding hydrogens is 143 g/mol. The van der Waals surface area contributed by atoms with E-state index in [0.29, 0.717) is 6.42 Å². The monoisotopic (exact) mass is 153 g/mol. The van der Waals surface area contributed by atoms with Crippen molar-refractivity contribution in [3.05, 3.63) is 11.8 Å². The van der Waals surface area contributed by atoms with Crippen molar-refractivity contribution in [1.29, 1.82) is 0 Å². The van der Waals surface area contributed by atoms with Crippen LogP contribution in [0.2, 0.25) is 0 Å². The predicted molar refractivity (Wildman–Crippen MR) is 33.5 cm³/mol. The summed E-state index contributed by atoms with van der Waals surface area (Å²) in [4.78, 5) is 0. The van der Waals surface area contributed by atoms with Gasteiger partial charge in [0.1, 0.15) is 5.70 Å². The second kappa shape index (κ2) is 3.49. The molecule has 0 saturated carbocycles. The molecule has 0 aromatic carbocycles. The lowest BCUT2D eigenvalue weighted by Gasteiger charge is -2.09. The van der Waals surface area contributed by atoms with E-state index in [9.17, 15) is 13.2 Å². The van der Waals surface area contributed by atoms with Crippen molar-refractivity contribution in [2.24, 2.45) is 0 Å². The molecule has 0 radical (unpaired) electrons. The lowest BCUT2D eigenvalue weighted by Crippen LogP contribution is -2.22. The van der Waals surface area contributed by atoms with Gasteiger partial charge in [-0.25, -0.2) is 0 Å². The number of halogens is 3. The Labute approximate surface area is 57.9 Å². The Balaban J connectivity index is 4.21. The lowest BCUT2D eigenvalue weighted by atomic mass is 10.3. The molecule has 0 amide bonds. The van der Waals surface area contributed by atoms with Gasteiger partial charge in [-0.1, -0.05) is 13.0 Å². The molecule has 0 heterocycles. The number of hydrogen-bond donors (Lipinski definition) is 1. The predicted octanol–water partition coefficient (Wildman–Crippen LogP) is 2.06. The Bertz CT molecular complexity index is 125. The summed E-state index contributed by atoms with van der Waals surface area (Å²) in [5.41, 5.74) is -0.671. The van der Waals surface area contributed by atoms with Gasteiger partial charge in [0.25, 0.3) is 0 Å². The van der Waals surface area contributed by atoms with Gasteiger partial charge < -0.3 is 5.32 Å². The second-order valence-electron chi connectivity index (χ2n) is 1.77. The Morgan fingerprint density at radius 1 is 1.50 bits per heavy atom. The first-order chi connectivity index (χ1) is 4.52. The fraction of sp³-hybridized carbons (Fsp3) is 0.667. The van der Waals surface area contributed by atoms with Crippen LogP contribution in [0, 0.1) is 0 Å². The maximum atomic E-state index is 11.8. The quantitative estimate of drug-likeness (QED) is 0.640. The van der Waals surface area contributed by atoms with Crippen molar-refractivity contribution in [2.45, 2.75) is 19.5 Å². The number of hydrogen-bond acceptors (Lipinski definition) is 1. The van der Waals surface area contributed by atoms with Crippen LogP contribution in [-0.2, 0) is 0 Å². The summed E-state index contributed by atoms with van der Waals surface area (Å²) in [6, 6.07) is 0. The molecule has 4 heteroatoms. The van der Waals surface area contributed by atoms with Crippen molar-refractivity contribution in [3.63, 3.8) is 0 Å². The highest BCUT2D eigenvalue weighted by Crippen LogP contribution is 2.22. The molecule has 0 aromatic rings. The molecule has 0 unspecified atom stereocenters. The van der Waals surface area contributed by atoms with Crippen LogP contribution >= 0.6 is 0 Å². The average Bonchev–Trinajstić information content (AvgIpc) is 1.80. The van der Waals surface area contributed by atoms with Crippen molar-refractivity contribution in [3.8, 4) is 0 Å². The summed E-state index contributed by atoms with van der Waals surface area (Å²) in [6.45, 7) is 1.66. The highest BCUT2D eigenvalue weighted by Gasteiger charge is 2.32. The van der Waals surface area contributed by atoms with Crippen LogP contribution in [0.25, 0.3) is 0 Å². The standard InChI is InChI=1S/C6H10F3N/c1-3-4-5(10-2)6(7,8)9/h4,10H,3H2,1-2H3/b5-4-. The van der Waals surface area contributed by atoms with Gasteiger partial charge in [-0.15, -0.1) is 0 Å². The number of allylic oxidation sites excluding steroid dienone is 2. The highest BCUT2D eigenvalue weighted by atomic mass is 19.4. The summed E-state index contributed by atoms with van der Waals surface area (Å²) in [5.74, 6) is 0. The zero-order chi connectivity index (χ0) is 8.20. The van der Waals surface area contributed by atoms with Gasteiger partial charge >= 0.3 is 6.18 Å². The van der Waals surface area contributed by atoms with Crippen molar-refractivity contribution < 1.29 is 13.2 Å². The maximum absolute atomic E-state index is 11.8. The summed E-state index contributed by atoms with van der Waals surface area (Å²) < 4.78 is 35.3. The molecule has 1 nitrogen and oxygen atoms in total. The van der Waals surface area contributed by atoms with Crippen LogP contribution in [0.1, 0.15) is 13.3 Å². The molecule has 10 heavy (non-hydrogen) atoms. The zero-order valence-corrected chi connectivity index (χ0v) is 5.92. The molecule has 0 saturated heterocycles. The fourth-order valence-corrected chi connectivity index (χ4v) is 0.564. The topological polar surface area (TPSA) is 12.0 Å². The third-order valence-electron chi connectivity index (χ3n) is 0.983. The van der Waals surface area contributed by atoms with E-state index in [1.165, 1.54) is 7.05 Å². The Morgan fingerprint density at radius 2 is 2.00 bits per heavy atom. The molecule has 0 atom stereocenters. The van der Waals surface area contributed by atoms with Crippen molar-refractivity contribution in [1.82, 2.24) is 5.32 Å². The van der Waals surface area contributed by atoms with Gasteiger partial charge in [-0.3, -0.25) is 0 Å². The van der Waals surface area contributed by atoms with Crippen LogP contribution in [0.15, 0.2) is 11.8 Å². The van der Waals surface area contributed by atoms with E-state index in [0.717, 1.165) is 6.08 Å². The molecule has 0 spiro atoms. The SMILES string of the molecule is CC/C=C(\NC)C(F)(F)F. The highest BCUT2D eigenvalue weighted by molar-refractivity contribution is 5.04. The molecule has 0 aliphatic rings. The minimum Gasteiger partial charge on any atom is -0.384 e. The Morgan fingerprint density at radius 3 is 2.10 bits per heavy atom. The lowest BCUT2D eigenvalue weighted by molar-refractivity contribution is -0.0962. The summed E-state index contributed by atoms with van der Waals surface area (Å²) in [5, 5.41) is 2.08. The molecule has 0 rings (SSSR count). The van der Waals surface area contributed by atoms with E-state index >= 15 is 0 Å².